The molecule has 0 saturated carbocycles. The van der Waals surface area contributed by atoms with Crippen LogP contribution >= 0.6 is 11.6 Å². The number of hydrogen-bond donors (Lipinski definition) is 1. The SMILES string of the molecule is CC1(c2cc(Cl)cc(C(F)(F)F)c2)CC(c2ccc(C3(F)CNC3)cc2)=NO1. The van der Waals surface area contributed by atoms with E-state index in [9.17, 15) is 17.6 Å². The van der Waals surface area contributed by atoms with Crippen molar-refractivity contribution in [1.29, 1.82) is 0 Å². The van der Waals surface area contributed by atoms with E-state index >= 15 is 0 Å². The minimum Gasteiger partial charge on any atom is -0.384 e. The van der Waals surface area contributed by atoms with Crippen LogP contribution in [-0.4, -0.2) is 18.8 Å². The Kier molecular flexibility index (Phi) is 4.43. The van der Waals surface area contributed by atoms with Crippen molar-refractivity contribution >= 4 is 17.3 Å². The molecule has 8 heteroatoms. The molecular weight excluding hydrogens is 396 g/mol. The second-order valence-electron chi connectivity index (χ2n) is 7.41. The first-order valence-electron chi connectivity index (χ1n) is 8.73. The highest BCUT2D eigenvalue weighted by atomic mass is 35.5. The van der Waals surface area contributed by atoms with E-state index in [0.29, 0.717) is 16.8 Å². The molecule has 3 nitrogen and oxygen atoms in total. The van der Waals surface area contributed by atoms with Gasteiger partial charge in [0, 0.05) is 30.1 Å². The molecule has 2 aromatic rings. The van der Waals surface area contributed by atoms with Gasteiger partial charge in [-0.15, -0.1) is 0 Å². The minimum absolute atomic E-state index is 0.0187. The number of nitrogens with zero attached hydrogens (tertiary/aromatic N) is 1. The van der Waals surface area contributed by atoms with E-state index in [1.54, 1.807) is 31.2 Å². The van der Waals surface area contributed by atoms with Gasteiger partial charge >= 0.3 is 6.18 Å². The molecule has 0 amide bonds. The standard InChI is InChI=1S/C20H17ClF4N2O/c1-18(14-6-15(20(23,24)25)8-16(21)7-14)9-17(27-28-18)12-2-4-13(5-3-12)19(22)10-26-11-19/h2-8,26H,9-11H2,1H3. The molecule has 28 heavy (non-hydrogen) atoms. The van der Waals surface area contributed by atoms with Crippen LogP contribution in [0.15, 0.2) is 47.6 Å². The molecule has 1 atom stereocenters. The lowest BCUT2D eigenvalue weighted by Crippen LogP contribution is -2.53. The molecule has 0 radical (unpaired) electrons. The normalized spacial score (nSPS) is 23.7. The summed E-state index contributed by atoms with van der Waals surface area (Å²) in [4.78, 5) is 5.52. The largest absolute Gasteiger partial charge is 0.416 e. The molecule has 1 saturated heterocycles. The number of benzene rings is 2. The van der Waals surface area contributed by atoms with Crippen molar-refractivity contribution in [2.75, 3.05) is 13.1 Å². The van der Waals surface area contributed by atoms with Crippen molar-refractivity contribution in [3.63, 3.8) is 0 Å². The first kappa shape index (κ1) is 19.2. The summed E-state index contributed by atoms with van der Waals surface area (Å²) in [6.07, 6.45) is -4.24. The zero-order valence-electron chi connectivity index (χ0n) is 14.9. The summed E-state index contributed by atoms with van der Waals surface area (Å²) in [6, 6.07) is 10.3. The summed E-state index contributed by atoms with van der Waals surface area (Å²) in [5, 5.41) is 6.96. The van der Waals surface area contributed by atoms with Crippen molar-refractivity contribution in [2.24, 2.45) is 5.16 Å². The fourth-order valence-electron chi connectivity index (χ4n) is 3.42. The molecule has 2 aliphatic heterocycles. The Bertz CT molecular complexity index is 938. The first-order valence-corrected chi connectivity index (χ1v) is 9.11. The summed E-state index contributed by atoms with van der Waals surface area (Å²) in [5.41, 5.74) is -1.05. The Hall–Kier alpha value is -2.12. The molecule has 1 unspecified atom stereocenters. The molecule has 2 heterocycles. The molecule has 1 fully saturated rings. The van der Waals surface area contributed by atoms with Crippen molar-refractivity contribution in [1.82, 2.24) is 5.32 Å². The Morgan fingerprint density at radius 1 is 1.07 bits per heavy atom. The molecule has 2 aromatic carbocycles. The molecule has 148 valence electrons. The van der Waals surface area contributed by atoms with Crippen LogP contribution in [-0.2, 0) is 22.3 Å². The van der Waals surface area contributed by atoms with Crippen LogP contribution in [0.3, 0.4) is 0 Å². The van der Waals surface area contributed by atoms with Crippen LogP contribution in [0.25, 0.3) is 0 Å². The molecule has 0 spiro atoms. The van der Waals surface area contributed by atoms with Crippen molar-refractivity contribution < 1.29 is 22.4 Å². The highest BCUT2D eigenvalue weighted by Crippen LogP contribution is 2.40. The van der Waals surface area contributed by atoms with Crippen molar-refractivity contribution in [2.45, 2.75) is 30.8 Å². The van der Waals surface area contributed by atoms with Crippen LogP contribution in [0.5, 0.6) is 0 Å². The maximum Gasteiger partial charge on any atom is 0.416 e. The summed E-state index contributed by atoms with van der Waals surface area (Å²) < 4.78 is 53.8. The maximum atomic E-state index is 14.4. The van der Waals surface area contributed by atoms with Crippen LogP contribution in [0.1, 0.15) is 35.6 Å². The number of nitrogens with one attached hydrogen (secondary N) is 1. The molecule has 1 N–H and O–H groups in total. The Morgan fingerprint density at radius 3 is 2.32 bits per heavy atom. The van der Waals surface area contributed by atoms with Crippen molar-refractivity contribution in [3.05, 3.63) is 69.7 Å². The third-order valence-corrected chi connectivity index (χ3v) is 5.46. The van der Waals surface area contributed by atoms with Gasteiger partial charge in [-0.25, -0.2) is 4.39 Å². The highest BCUT2D eigenvalue weighted by molar-refractivity contribution is 6.30. The zero-order valence-corrected chi connectivity index (χ0v) is 15.7. The third-order valence-electron chi connectivity index (χ3n) is 5.24. The van der Waals surface area contributed by atoms with E-state index in [1.165, 1.54) is 6.07 Å². The van der Waals surface area contributed by atoms with Gasteiger partial charge in [-0.2, -0.15) is 13.2 Å². The summed E-state index contributed by atoms with van der Waals surface area (Å²) in [5.74, 6) is 0. The quantitative estimate of drug-likeness (QED) is 0.706. The van der Waals surface area contributed by atoms with Crippen LogP contribution in [0, 0.1) is 0 Å². The van der Waals surface area contributed by atoms with E-state index in [1.807, 2.05) is 0 Å². The summed E-state index contributed by atoms with van der Waals surface area (Å²) >= 11 is 5.90. The fraction of sp³-hybridized carbons (Fsp3) is 0.350. The van der Waals surface area contributed by atoms with Crippen LogP contribution < -0.4 is 5.32 Å². The Balaban J connectivity index is 1.57. The van der Waals surface area contributed by atoms with E-state index in [-0.39, 0.29) is 24.5 Å². The van der Waals surface area contributed by atoms with Gasteiger partial charge in [0.25, 0.3) is 0 Å². The second-order valence-corrected chi connectivity index (χ2v) is 7.85. The molecule has 0 aliphatic carbocycles. The average Bonchev–Trinajstić information content (AvgIpc) is 3.02. The lowest BCUT2D eigenvalue weighted by molar-refractivity contribution is -0.137. The fourth-order valence-corrected chi connectivity index (χ4v) is 3.65. The number of rotatable bonds is 3. The summed E-state index contributed by atoms with van der Waals surface area (Å²) in [6.45, 7) is 2.23. The van der Waals surface area contributed by atoms with Gasteiger partial charge in [0.05, 0.1) is 11.3 Å². The average molecular weight is 413 g/mol. The van der Waals surface area contributed by atoms with E-state index in [0.717, 1.165) is 17.7 Å². The monoisotopic (exact) mass is 412 g/mol. The topological polar surface area (TPSA) is 33.6 Å². The second kappa shape index (κ2) is 6.46. The van der Waals surface area contributed by atoms with Gasteiger partial charge in [-0.05, 0) is 36.2 Å². The molecule has 0 bridgehead atoms. The lowest BCUT2D eigenvalue weighted by Gasteiger charge is -2.35. The smallest absolute Gasteiger partial charge is 0.384 e. The molecule has 4 rings (SSSR count). The maximum absolute atomic E-state index is 14.4. The lowest BCUT2D eigenvalue weighted by atomic mass is 9.86. The Labute approximate surface area is 164 Å². The van der Waals surface area contributed by atoms with E-state index in [4.69, 9.17) is 16.4 Å². The number of hydrogen-bond acceptors (Lipinski definition) is 3. The first-order chi connectivity index (χ1) is 13.1. The van der Waals surface area contributed by atoms with E-state index < -0.39 is 23.0 Å². The number of oxime groups is 1. The third kappa shape index (κ3) is 3.37. The van der Waals surface area contributed by atoms with Gasteiger partial charge in [-0.3, -0.25) is 0 Å². The number of halogens is 5. The predicted molar refractivity (Wildman–Crippen MR) is 98.1 cm³/mol. The van der Waals surface area contributed by atoms with Gasteiger partial charge in [0.15, 0.2) is 11.3 Å². The molecule has 2 aliphatic rings. The highest BCUT2D eigenvalue weighted by Gasteiger charge is 2.41. The molecule has 0 aromatic heterocycles. The van der Waals surface area contributed by atoms with Crippen LogP contribution in [0.4, 0.5) is 17.6 Å². The van der Waals surface area contributed by atoms with Gasteiger partial charge < -0.3 is 10.2 Å². The van der Waals surface area contributed by atoms with E-state index in [2.05, 4.69) is 10.5 Å². The van der Waals surface area contributed by atoms with Gasteiger partial charge in [0.2, 0.25) is 0 Å². The predicted octanol–water partition coefficient (Wildman–Crippen LogP) is 5.17. The Morgan fingerprint density at radius 2 is 1.75 bits per heavy atom. The van der Waals surface area contributed by atoms with Gasteiger partial charge in [0.1, 0.15) is 0 Å². The minimum atomic E-state index is -4.51. The van der Waals surface area contributed by atoms with Crippen molar-refractivity contribution in [3.8, 4) is 0 Å². The molecular formula is C20H17ClF4N2O. The van der Waals surface area contributed by atoms with Crippen LogP contribution in [0.2, 0.25) is 5.02 Å². The summed E-state index contributed by atoms with van der Waals surface area (Å²) in [7, 11) is 0. The number of alkyl halides is 4. The van der Waals surface area contributed by atoms with Gasteiger partial charge in [-0.1, -0.05) is 41.0 Å². The zero-order chi connectivity index (χ0) is 20.2.